The molecule has 1 saturated heterocycles. The highest BCUT2D eigenvalue weighted by Gasteiger charge is 2.34. The van der Waals surface area contributed by atoms with Crippen LogP contribution in [0.2, 0.25) is 0 Å². The number of amides is 1. The monoisotopic (exact) mass is 332 g/mol. The second-order valence-corrected chi connectivity index (χ2v) is 6.87. The second-order valence-electron chi connectivity index (χ2n) is 6.87. The van der Waals surface area contributed by atoms with Crippen LogP contribution in [-0.4, -0.2) is 65.2 Å². The molecule has 0 radical (unpaired) electrons. The molecule has 1 saturated carbocycles. The van der Waals surface area contributed by atoms with Gasteiger partial charge in [-0.15, -0.1) is 0 Å². The fraction of sp³-hybridized carbons (Fsp3) is 0.632. The van der Waals surface area contributed by atoms with E-state index in [0.29, 0.717) is 6.61 Å². The highest BCUT2D eigenvalue weighted by atomic mass is 16.5. The first-order valence-corrected chi connectivity index (χ1v) is 9.01. The molecule has 1 N–H and O–H groups in total. The van der Waals surface area contributed by atoms with Crippen molar-refractivity contribution in [3.8, 4) is 0 Å². The maximum Gasteiger partial charge on any atom is 0.251 e. The molecule has 1 aliphatic carbocycles. The third-order valence-corrected chi connectivity index (χ3v) is 5.23. The first kappa shape index (κ1) is 17.4. The molecule has 1 heterocycles. The zero-order valence-electron chi connectivity index (χ0n) is 14.4. The number of aliphatic hydroxyl groups excluding tert-OH is 1. The van der Waals surface area contributed by atoms with E-state index < -0.39 is 6.10 Å². The predicted molar refractivity (Wildman–Crippen MR) is 92.5 cm³/mol. The summed E-state index contributed by atoms with van der Waals surface area (Å²) in [6.45, 7) is 5.43. The predicted octanol–water partition coefficient (Wildman–Crippen LogP) is 1.65. The molecule has 1 amide bonds. The van der Waals surface area contributed by atoms with Gasteiger partial charge in [0.25, 0.3) is 5.91 Å². The average molecular weight is 332 g/mol. The van der Waals surface area contributed by atoms with Crippen LogP contribution in [0.15, 0.2) is 30.3 Å². The van der Waals surface area contributed by atoms with Gasteiger partial charge in [0.05, 0.1) is 12.7 Å². The molecule has 1 aromatic rings. The fourth-order valence-corrected chi connectivity index (χ4v) is 3.74. The van der Waals surface area contributed by atoms with E-state index in [1.54, 1.807) is 0 Å². The third-order valence-electron chi connectivity index (χ3n) is 5.23. The normalized spacial score (nSPS) is 26.5. The van der Waals surface area contributed by atoms with Crippen LogP contribution in [-0.2, 0) is 16.1 Å². The molecule has 2 aliphatic rings. The van der Waals surface area contributed by atoms with Gasteiger partial charge in [0.2, 0.25) is 0 Å². The molecule has 5 heteroatoms. The van der Waals surface area contributed by atoms with Gasteiger partial charge in [-0.3, -0.25) is 9.69 Å². The smallest absolute Gasteiger partial charge is 0.251 e. The van der Waals surface area contributed by atoms with Crippen LogP contribution in [0.5, 0.6) is 0 Å². The number of nitrogens with zero attached hydrogens (tertiary/aromatic N) is 2. The molecule has 3 atom stereocenters. The van der Waals surface area contributed by atoms with Crippen LogP contribution in [0.4, 0.5) is 0 Å². The maximum atomic E-state index is 12.5. The number of carbonyl (C=O) groups is 1. The summed E-state index contributed by atoms with van der Waals surface area (Å²) >= 11 is 0. The highest BCUT2D eigenvalue weighted by Crippen LogP contribution is 2.25. The van der Waals surface area contributed by atoms with Crippen molar-refractivity contribution in [3.63, 3.8) is 0 Å². The minimum atomic E-state index is -0.422. The molecule has 0 aromatic heterocycles. The summed E-state index contributed by atoms with van der Waals surface area (Å²) < 4.78 is 5.74. The van der Waals surface area contributed by atoms with Crippen LogP contribution < -0.4 is 0 Å². The molecule has 3 unspecified atom stereocenters. The summed E-state index contributed by atoms with van der Waals surface area (Å²) in [5.41, 5.74) is 1.08. The zero-order chi connectivity index (χ0) is 16.9. The van der Waals surface area contributed by atoms with Gasteiger partial charge in [-0.1, -0.05) is 30.3 Å². The lowest BCUT2D eigenvalue weighted by atomic mass is 10.1. The van der Waals surface area contributed by atoms with Crippen LogP contribution in [0.1, 0.15) is 31.7 Å². The van der Waals surface area contributed by atoms with Crippen molar-refractivity contribution in [1.29, 1.82) is 0 Å². The van der Waals surface area contributed by atoms with Crippen molar-refractivity contribution >= 4 is 5.91 Å². The molecule has 132 valence electrons. The largest absolute Gasteiger partial charge is 0.391 e. The highest BCUT2D eigenvalue weighted by molar-refractivity contribution is 5.80. The van der Waals surface area contributed by atoms with E-state index in [1.165, 1.54) is 0 Å². The van der Waals surface area contributed by atoms with Gasteiger partial charge in [0.15, 0.2) is 0 Å². The van der Waals surface area contributed by atoms with Crippen molar-refractivity contribution < 1.29 is 14.6 Å². The molecule has 0 spiro atoms. The maximum absolute atomic E-state index is 12.5. The van der Waals surface area contributed by atoms with Gasteiger partial charge in [-0.05, 0) is 31.7 Å². The van der Waals surface area contributed by atoms with Gasteiger partial charge >= 0.3 is 0 Å². The minimum Gasteiger partial charge on any atom is -0.391 e. The quantitative estimate of drug-likeness (QED) is 0.891. The van der Waals surface area contributed by atoms with E-state index in [0.717, 1.165) is 51.0 Å². The van der Waals surface area contributed by atoms with Gasteiger partial charge in [0.1, 0.15) is 6.10 Å². The Morgan fingerprint density at radius 2 is 1.92 bits per heavy atom. The number of piperazine rings is 1. The van der Waals surface area contributed by atoms with Crippen LogP contribution in [0, 0.1) is 0 Å². The number of aliphatic hydroxyl groups is 1. The van der Waals surface area contributed by atoms with Gasteiger partial charge in [0, 0.05) is 32.2 Å². The summed E-state index contributed by atoms with van der Waals surface area (Å²) in [5, 5.41) is 10.0. The van der Waals surface area contributed by atoms with Crippen LogP contribution >= 0.6 is 0 Å². The molecular formula is C19H28N2O3. The molecule has 1 aliphatic heterocycles. The summed E-state index contributed by atoms with van der Waals surface area (Å²) in [6, 6.07) is 10.2. The number of benzene rings is 1. The molecule has 0 bridgehead atoms. The summed E-state index contributed by atoms with van der Waals surface area (Å²) in [6.07, 6.45) is 2.48. The molecule has 2 fully saturated rings. The first-order valence-electron chi connectivity index (χ1n) is 9.01. The Bertz CT molecular complexity index is 529. The lowest BCUT2D eigenvalue weighted by Crippen LogP contribution is -2.55. The van der Waals surface area contributed by atoms with Crippen molar-refractivity contribution in [2.75, 3.05) is 26.2 Å². The van der Waals surface area contributed by atoms with Crippen LogP contribution in [0.3, 0.4) is 0 Å². The van der Waals surface area contributed by atoms with Gasteiger partial charge < -0.3 is 14.7 Å². The van der Waals surface area contributed by atoms with E-state index in [2.05, 4.69) is 4.90 Å². The Balaban J connectivity index is 1.44. The number of hydrogen-bond acceptors (Lipinski definition) is 4. The molecule has 3 rings (SSSR count). The summed E-state index contributed by atoms with van der Waals surface area (Å²) in [4.78, 5) is 16.8. The Hall–Kier alpha value is -1.43. The number of hydrogen-bond donors (Lipinski definition) is 1. The number of carbonyl (C=O) groups excluding carboxylic acids is 1. The minimum absolute atomic E-state index is 0.0672. The van der Waals surface area contributed by atoms with E-state index in [4.69, 9.17) is 4.74 Å². The lowest BCUT2D eigenvalue weighted by Gasteiger charge is -2.39. The Morgan fingerprint density at radius 3 is 2.54 bits per heavy atom. The van der Waals surface area contributed by atoms with E-state index >= 15 is 0 Å². The Kier molecular flexibility index (Phi) is 5.87. The van der Waals surface area contributed by atoms with E-state index in [1.807, 2.05) is 42.2 Å². The van der Waals surface area contributed by atoms with Crippen molar-refractivity contribution in [3.05, 3.63) is 35.9 Å². The van der Waals surface area contributed by atoms with Gasteiger partial charge in [-0.2, -0.15) is 0 Å². The summed E-state index contributed by atoms with van der Waals surface area (Å²) in [7, 11) is 0. The zero-order valence-corrected chi connectivity index (χ0v) is 14.4. The van der Waals surface area contributed by atoms with Crippen LogP contribution in [0.25, 0.3) is 0 Å². The SMILES string of the molecule is CC(OCc1ccccc1)C(=O)N1CCN(C2CCCC2O)CC1. The van der Waals surface area contributed by atoms with Crippen molar-refractivity contribution in [2.45, 2.75) is 51.0 Å². The fourth-order valence-electron chi connectivity index (χ4n) is 3.74. The first-order chi connectivity index (χ1) is 11.6. The standard InChI is InChI=1S/C19H28N2O3/c1-15(24-14-16-6-3-2-4-7-16)19(23)21-12-10-20(11-13-21)17-8-5-9-18(17)22/h2-4,6-7,15,17-18,22H,5,8-14H2,1H3. The van der Waals surface area contributed by atoms with Crippen molar-refractivity contribution in [2.24, 2.45) is 0 Å². The van der Waals surface area contributed by atoms with E-state index in [9.17, 15) is 9.90 Å². The average Bonchev–Trinajstić information content (AvgIpc) is 3.06. The Morgan fingerprint density at radius 1 is 1.21 bits per heavy atom. The van der Waals surface area contributed by atoms with Crippen molar-refractivity contribution in [1.82, 2.24) is 9.80 Å². The number of rotatable bonds is 5. The third kappa shape index (κ3) is 4.15. The second kappa shape index (κ2) is 8.10. The van der Waals surface area contributed by atoms with E-state index in [-0.39, 0.29) is 18.1 Å². The number of ether oxygens (including phenoxy) is 1. The summed E-state index contributed by atoms with van der Waals surface area (Å²) in [5.74, 6) is 0.0672. The molecular weight excluding hydrogens is 304 g/mol. The van der Waals surface area contributed by atoms with Gasteiger partial charge in [-0.25, -0.2) is 0 Å². The Labute approximate surface area is 144 Å². The molecule has 24 heavy (non-hydrogen) atoms. The molecule has 1 aromatic carbocycles. The lowest BCUT2D eigenvalue weighted by molar-refractivity contribution is -0.145. The molecule has 5 nitrogen and oxygen atoms in total. The topological polar surface area (TPSA) is 53.0 Å².